The molecule has 20 heavy (non-hydrogen) atoms. The lowest BCUT2D eigenvalue weighted by atomic mass is 10.0. The van der Waals surface area contributed by atoms with Crippen molar-refractivity contribution in [3.63, 3.8) is 0 Å². The number of rotatable bonds is 8. The van der Waals surface area contributed by atoms with Crippen molar-refractivity contribution in [3.8, 4) is 0 Å². The van der Waals surface area contributed by atoms with Gasteiger partial charge in [-0.05, 0) is 24.5 Å². The summed E-state index contributed by atoms with van der Waals surface area (Å²) in [4.78, 5) is 24.8. The maximum atomic E-state index is 12.4. The number of carbonyl (C=O) groups is 2. The summed E-state index contributed by atoms with van der Waals surface area (Å²) in [5.41, 5.74) is 0.883. The Labute approximate surface area is 120 Å². The van der Waals surface area contributed by atoms with Crippen LogP contribution in [0.4, 0.5) is 5.69 Å². The van der Waals surface area contributed by atoms with E-state index in [4.69, 9.17) is 5.11 Å². The predicted molar refractivity (Wildman–Crippen MR) is 79.7 cm³/mol. The Morgan fingerprint density at radius 3 is 2.40 bits per heavy atom. The number of nitrogens with zero attached hydrogens (tertiary/aromatic N) is 1. The van der Waals surface area contributed by atoms with Crippen LogP contribution >= 0.6 is 0 Å². The molecule has 1 atom stereocenters. The minimum absolute atomic E-state index is 0.00148. The molecule has 0 radical (unpaired) electrons. The summed E-state index contributed by atoms with van der Waals surface area (Å²) in [5.74, 6) is -1.00. The second-order valence-electron chi connectivity index (χ2n) is 5.14. The molecule has 1 rings (SSSR count). The van der Waals surface area contributed by atoms with E-state index < -0.39 is 5.97 Å². The molecule has 0 aromatic heterocycles. The molecule has 0 saturated carbocycles. The molecule has 0 bridgehead atoms. The van der Waals surface area contributed by atoms with Gasteiger partial charge >= 0.3 is 5.97 Å². The van der Waals surface area contributed by atoms with Gasteiger partial charge in [0.2, 0.25) is 5.91 Å². The van der Waals surface area contributed by atoms with Crippen LogP contribution in [0.15, 0.2) is 30.3 Å². The lowest BCUT2D eigenvalue weighted by molar-refractivity contribution is -0.138. The number of benzene rings is 1. The van der Waals surface area contributed by atoms with Gasteiger partial charge < -0.3 is 10.0 Å². The van der Waals surface area contributed by atoms with Crippen molar-refractivity contribution >= 4 is 17.6 Å². The van der Waals surface area contributed by atoms with E-state index in [9.17, 15) is 9.59 Å². The zero-order valence-electron chi connectivity index (χ0n) is 12.2. The Bertz CT molecular complexity index is 431. The largest absolute Gasteiger partial charge is 0.481 e. The van der Waals surface area contributed by atoms with Crippen LogP contribution in [-0.2, 0) is 9.59 Å². The minimum Gasteiger partial charge on any atom is -0.481 e. The number of para-hydroxylation sites is 1. The third kappa shape index (κ3) is 5.43. The molecule has 0 aliphatic carbocycles. The van der Waals surface area contributed by atoms with Crippen LogP contribution in [0.5, 0.6) is 0 Å². The molecule has 4 nitrogen and oxygen atoms in total. The third-order valence-electron chi connectivity index (χ3n) is 3.15. The van der Waals surface area contributed by atoms with Crippen molar-refractivity contribution in [2.75, 3.05) is 11.4 Å². The maximum Gasteiger partial charge on any atom is 0.303 e. The van der Waals surface area contributed by atoms with Crippen LogP contribution < -0.4 is 4.90 Å². The second kappa shape index (κ2) is 8.35. The highest BCUT2D eigenvalue weighted by Gasteiger charge is 2.19. The number of carbonyl (C=O) groups excluding carboxylic acids is 1. The fourth-order valence-electron chi connectivity index (χ4n) is 2.10. The Morgan fingerprint density at radius 2 is 1.85 bits per heavy atom. The molecule has 4 heteroatoms. The van der Waals surface area contributed by atoms with Crippen LogP contribution in [0.1, 0.15) is 39.5 Å². The molecule has 1 N–H and O–H groups in total. The number of unbranched alkanes of at least 4 members (excludes halogenated alkanes) is 1. The first-order valence-corrected chi connectivity index (χ1v) is 7.11. The molecule has 1 aromatic rings. The first-order chi connectivity index (χ1) is 9.54. The van der Waals surface area contributed by atoms with Crippen LogP contribution in [0.25, 0.3) is 0 Å². The molecule has 0 aliphatic heterocycles. The van der Waals surface area contributed by atoms with Crippen molar-refractivity contribution in [1.82, 2.24) is 0 Å². The Morgan fingerprint density at radius 1 is 1.20 bits per heavy atom. The normalized spacial score (nSPS) is 11.9. The summed E-state index contributed by atoms with van der Waals surface area (Å²) in [6.45, 7) is 4.56. The summed E-state index contributed by atoms with van der Waals surface area (Å²) in [6, 6.07) is 9.55. The second-order valence-corrected chi connectivity index (χ2v) is 5.14. The molecule has 0 heterocycles. The van der Waals surface area contributed by atoms with Gasteiger partial charge in [-0.25, -0.2) is 0 Å². The standard InChI is InChI=1S/C16H23NO3/c1-3-4-10-17(14-8-6-5-7-9-14)15(18)11-13(2)12-16(19)20/h5-9,13H,3-4,10-12H2,1-2H3,(H,19,20). The Balaban J connectivity index is 2.72. The van der Waals surface area contributed by atoms with E-state index in [1.54, 1.807) is 11.8 Å². The van der Waals surface area contributed by atoms with Crippen LogP contribution in [-0.4, -0.2) is 23.5 Å². The summed E-state index contributed by atoms with van der Waals surface area (Å²) in [5, 5.41) is 8.77. The highest BCUT2D eigenvalue weighted by molar-refractivity contribution is 5.93. The van der Waals surface area contributed by atoms with Crippen molar-refractivity contribution in [2.45, 2.75) is 39.5 Å². The van der Waals surface area contributed by atoms with Crippen LogP contribution in [0.3, 0.4) is 0 Å². The van der Waals surface area contributed by atoms with Gasteiger partial charge in [0.25, 0.3) is 0 Å². The first kappa shape index (κ1) is 16.2. The SMILES string of the molecule is CCCCN(C(=O)CC(C)CC(=O)O)c1ccccc1. The molecule has 0 spiro atoms. The monoisotopic (exact) mass is 277 g/mol. The topological polar surface area (TPSA) is 57.6 Å². The average molecular weight is 277 g/mol. The van der Waals surface area contributed by atoms with Gasteiger partial charge in [0.1, 0.15) is 0 Å². The minimum atomic E-state index is -0.856. The summed E-state index contributed by atoms with van der Waals surface area (Å²) in [7, 11) is 0. The van der Waals surface area contributed by atoms with E-state index in [1.807, 2.05) is 30.3 Å². The lowest BCUT2D eigenvalue weighted by Crippen LogP contribution is -2.33. The van der Waals surface area contributed by atoms with E-state index >= 15 is 0 Å². The first-order valence-electron chi connectivity index (χ1n) is 7.11. The molecule has 0 fully saturated rings. The third-order valence-corrected chi connectivity index (χ3v) is 3.15. The molecular formula is C16H23NO3. The van der Waals surface area contributed by atoms with Crippen molar-refractivity contribution < 1.29 is 14.7 Å². The highest BCUT2D eigenvalue weighted by Crippen LogP contribution is 2.18. The molecule has 1 amide bonds. The van der Waals surface area contributed by atoms with Crippen molar-refractivity contribution in [2.24, 2.45) is 5.92 Å². The fourth-order valence-corrected chi connectivity index (χ4v) is 2.10. The van der Waals surface area contributed by atoms with E-state index in [-0.39, 0.29) is 24.7 Å². The van der Waals surface area contributed by atoms with Gasteiger partial charge in [0.15, 0.2) is 0 Å². The quantitative estimate of drug-likeness (QED) is 0.793. The van der Waals surface area contributed by atoms with E-state index in [0.29, 0.717) is 6.54 Å². The molecule has 110 valence electrons. The van der Waals surface area contributed by atoms with Gasteiger partial charge in [-0.15, -0.1) is 0 Å². The van der Waals surface area contributed by atoms with Gasteiger partial charge in [-0.3, -0.25) is 9.59 Å². The van der Waals surface area contributed by atoms with Crippen LogP contribution in [0.2, 0.25) is 0 Å². The van der Waals surface area contributed by atoms with E-state index in [0.717, 1.165) is 18.5 Å². The van der Waals surface area contributed by atoms with Gasteiger partial charge in [-0.2, -0.15) is 0 Å². The number of hydrogen-bond acceptors (Lipinski definition) is 2. The summed E-state index contributed by atoms with van der Waals surface area (Å²) < 4.78 is 0. The van der Waals surface area contributed by atoms with Crippen molar-refractivity contribution in [1.29, 1.82) is 0 Å². The number of carboxylic acids is 1. The number of aliphatic carboxylic acids is 1. The van der Waals surface area contributed by atoms with Gasteiger partial charge in [0, 0.05) is 25.1 Å². The number of anilines is 1. The smallest absolute Gasteiger partial charge is 0.303 e. The van der Waals surface area contributed by atoms with Gasteiger partial charge in [0.05, 0.1) is 0 Å². The van der Waals surface area contributed by atoms with Crippen LogP contribution in [0, 0.1) is 5.92 Å². The average Bonchev–Trinajstić information content (AvgIpc) is 2.39. The number of amides is 1. The van der Waals surface area contributed by atoms with Gasteiger partial charge in [-0.1, -0.05) is 38.5 Å². The Kier molecular flexibility index (Phi) is 6.77. The zero-order valence-corrected chi connectivity index (χ0v) is 12.2. The highest BCUT2D eigenvalue weighted by atomic mass is 16.4. The molecule has 0 saturated heterocycles. The number of carboxylic acid groups (broad SMARTS) is 1. The molecule has 1 unspecified atom stereocenters. The van der Waals surface area contributed by atoms with E-state index in [2.05, 4.69) is 6.92 Å². The summed E-state index contributed by atoms with van der Waals surface area (Å²) in [6.07, 6.45) is 2.25. The molecular weight excluding hydrogens is 254 g/mol. The lowest BCUT2D eigenvalue weighted by Gasteiger charge is -2.24. The molecule has 1 aromatic carbocycles. The predicted octanol–water partition coefficient (Wildman–Crippen LogP) is 3.32. The number of hydrogen-bond donors (Lipinski definition) is 1. The Hall–Kier alpha value is -1.84. The summed E-state index contributed by atoms with van der Waals surface area (Å²) >= 11 is 0. The fraction of sp³-hybridized carbons (Fsp3) is 0.500. The van der Waals surface area contributed by atoms with Crippen molar-refractivity contribution in [3.05, 3.63) is 30.3 Å². The zero-order chi connectivity index (χ0) is 15.0. The maximum absolute atomic E-state index is 12.4. The van der Waals surface area contributed by atoms with E-state index in [1.165, 1.54) is 0 Å². The molecule has 0 aliphatic rings.